The van der Waals surface area contributed by atoms with Gasteiger partial charge in [-0.05, 0) is 40.4 Å². The van der Waals surface area contributed by atoms with Gasteiger partial charge in [0.1, 0.15) is 17.3 Å². The predicted octanol–water partition coefficient (Wildman–Crippen LogP) is 0.682. The van der Waals surface area contributed by atoms with E-state index >= 15 is 0 Å². The standard InChI is InChI=1S/C6H15S.H3O2P/c1-4-7(5-2)6-3;1-3-2/h4-6H2,1-3H3;3H2,(H,1,2)/q+1;/p-1. The highest BCUT2D eigenvalue weighted by Gasteiger charge is 2.05. The first-order valence-corrected chi connectivity index (χ1v) is 6.13. The van der Waals surface area contributed by atoms with Gasteiger partial charge in [0, 0.05) is 0 Å². The van der Waals surface area contributed by atoms with Crippen molar-refractivity contribution >= 4 is 19.6 Å². The van der Waals surface area contributed by atoms with Crippen LogP contribution in [0, 0.1) is 0 Å². The summed E-state index contributed by atoms with van der Waals surface area (Å²) < 4.78 is 8.46. The van der Waals surface area contributed by atoms with Crippen LogP contribution in [0.4, 0.5) is 0 Å². The molecule has 2 nitrogen and oxygen atoms in total. The quantitative estimate of drug-likeness (QED) is 0.478. The normalized spacial score (nSPS) is 10.1. The average molecular weight is 184 g/mol. The Bertz CT molecular complexity index is 61.3. The van der Waals surface area contributed by atoms with Gasteiger partial charge in [0.25, 0.3) is 0 Å². The van der Waals surface area contributed by atoms with Crippen LogP contribution in [-0.4, -0.2) is 17.3 Å². The molecule has 0 aromatic heterocycles. The van der Waals surface area contributed by atoms with Gasteiger partial charge in [0.2, 0.25) is 0 Å². The fourth-order valence-corrected chi connectivity index (χ4v) is 1.84. The molecule has 0 aliphatic rings. The molecule has 0 saturated heterocycles. The molecular formula is C6H17O2PS. The lowest BCUT2D eigenvalue weighted by Gasteiger charge is -1.96. The Labute approximate surface area is 67.7 Å². The van der Waals surface area contributed by atoms with E-state index in [-0.39, 0.29) is 0 Å². The van der Waals surface area contributed by atoms with E-state index < -0.39 is 8.69 Å². The minimum atomic E-state index is -1.75. The van der Waals surface area contributed by atoms with Gasteiger partial charge in [-0.25, -0.2) is 0 Å². The van der Waals surface area contributed by atoms with E-state index in [1.54, 1.807) is 0 Å². The Morgan fingerprint density at radius 1 is 1.20 bits per heavy atom. The van der Waals surface area contributed by atoms with Gasteiger partial charge in [-0.1, -0.05) is 0 Å². The Balaban J connectivity index is 0. The summed E-state index contributed by atoms with van der Waals surface area (Å²) >= 11 is 0. The van der Waals surface area contributed by atoms with Crippen molar-refractivity contribution < 1.29 is 9.46 Å². The van der Waals surface area contributed by atoms with Crippen molar-refractivity contribution in [1.29, 1.82) is 0 Å². The highest BCUT2D eigenvalue weighted by Crippen LogP contribution is 1.92. The third-order valence-corrected chi connectivity index (χ3v) is 3.67. The maximum Gasteiger partial charge on any atom is 0.105 e. The Morgan fingerprint density at radius 3 is 1.40 bits per heavy atom. The zero-order valence-corrected chi connectivity index (χ0v) is 8.89. The van der Waals surface area contributed by atoms with Crippen molar-refractivity contribution in [2.24, 2.45) is 0 Å². The summed E-state index contributed by atoms with van der Waals surface area (Å²) in [6.07, 6.45) is 0. The van der Waals surface area contributed by atoms with E-state index in [9.17, 15) is 0 Å². The smallest absolute Gasteiger partial charge is 0.105 e. The average Bonchev–Trinajstić information content (AvgIpc) is 1.93. The SMILES string of the molecule is CC[S+](CC)CC.O=[PH2][O-]. The molecule has 0 bridgehead atoms. The van der Waals surface area contributed by atoms with Crippen molar-refractivity contribution in [3.8, 4) is 0 Å². The van der Waals surface area contributed by atoms with Gasteiger partial charge in [0.15, 0.2) is 0 Å². The van der Waals surface area contributed by atoms with Crippen molar-refractivity contribution in [2.45, 2.75) is 20.8 Å². The molecule has 0 radical (unpaired) electrons. The first-order valence-electron chi connectivity index (χ1n) is 3.46. The summed E-state index contributed by atoms with van der Waals surface area (Å²) in [5.41, 5.74) is 0. The first-order chi connectivity index (χ1) is 4.76. The molecule has 10 heavy (non-hydrogen) atoms. The van der Waals surface area contributed by atoms with E-state index in [0.29, 0.717) is 0 Å². The predicted molar refractivity (Wildman–Crippen MR) is 49.4 cm³/mol. The maximum atomic E-state index is 8.46. The second kappa shape index (κ2) is 12.2. The number of hydrogen-bond acceptors (Lipinski definition) is 2. The second-order valence-corrected chi connectivity index (χ2v) is 4.72. The van der Waals surface area contributed by atoms with Gasteiger partial charge >= 0.3 is 0 Å². The molecule has 0 fully saturated rings. The van der Waals surface area contributed by atoms with E-state index in [2.05, 4.69) is 20.8 Å². The molecule has 1 atom stereocenters. The molecule has 0 spiro atoms. The van der Waals surface area contributed by atoms with E-state index in [1.807, 2.05) is 0 Å². The van der Waals surface area contributed by atoms with E-state index in [1.165, 1.54) is 17.3 Å². The van der Waals surface area contributed by atoms with Crippen LogP contribution in [0.5, 0.6) is 0 Å². The largest absolute Gasteiger partial charge is 0.804 e. The van der Waals surface area contributed by atoms with Crippen molar-refractivity contribution in [1.82, 2.24) is 0 Å². The molecular weight excluding hydrogens is 167 g/mol. The van der Waals surface area contributed by atoms with Crippen LogP contribution >= 0.6 is 8.69 Å². The molecule has 64 valence electrons. The molecule has 0 aliphatic carbocycles. The van der Waals surface area contributed by atoms with Crippen LogP contribution in [0.2, 0.25) is 0 Å². The zero-order chi connectivity index (χ0) is 8.41. The molecule has 0 saturated carbocycles. The summed E-state index contributed by atoms with van der Waals surface area (Å²) in [5.74, 6) is 4.15. The minimum Gasteiger partial charge on any atom is -0.804 e. The van der Waals surface area contributed by atoms with Crippen LogP contribution in [0.15, 0.2) is 0 Å². The van der Waals surface area contributed by atoms with Crippen molar-refractivity contribution in [2.75, 3.05) is 17.3 Å². The summed E-state index contributed by atoms with van der Waals surface area (Å²) in [4.78, 5) is 8.46. The monoisotopic (exact) mass is 184 g/mol. The Hall–Kier alpha value is 0.540. The van der Waals surface area contributed by atoms with Crippen LogP contribution in [0.25, 0.3) is 0 Å². The molecule has 4 heteroatoms. The first kappa shape index (κ1) is 13.2. The van der Waals surface area contributed by atoms with Crippen molar-refractivity contribution in [3.05, 3.63) is 0 Å². The lowest BCUT2D eigenvalue weighted by Crippen LogP contribution is -2.09. The van der Waals surface area contributed by atoms with Crippen LogP contribution in [0.3, 0.4) is 0 Å². The summed E-state index contributed by atoms with van der Waals surface area (Å²) in [6.45, 7) is 6.82. The topological polar surface area (TPSA) is 40.1 Å². The fraction of sp³-hybridized carbons (Fsp3) is 1.00. The third kappa shape index (κ3) is 11.4. The van der Waals surface area contributed by atoms with Crippen molar-refractivity contribution in [3.63, 3.8) is 0 Å². The van der Waals surface area contributed by atoms with Gasteiger partial charge in [-0.15, -0.1) is 0 Å². The van der Waals surface area contributed by atoms with E-state index in [0.717, 1.165) is 10.9 Å². The highest BCUT2D eigenvalue weighted by atomic mass is 32.2. The molecule has 1 unspecified atom stereocenters. The van der Waals surface area contributed by atoms with Crippen LogP contribution < -0.4 is 4.89 Å². The summed E-state index contributed by atoms with van der Waals surface area (Å²) in [5, 5.41) is 0. The molecule has 0 heterocycles. The van der Waals surface area contributed by atoms with Crippen LogP contribution in [-0.2, 0) is 15.5 Å². The van der Waals surface area contributed by atoms with E-state index in [4.69, 9.17) is 9.46 Å². The Morgan fingerprint density at radius 2 is 1.40 bits per heavy atom. The van der Waals surface area contributed by atoms with Gasteiger partial charge in [-0.3, -0.25) is 0 Å². The molecule has 0 aliphatic heterocycles. The molecule has 0 aromatic rings. The maximum absolute atomic E-state index is 8.46. The molecule has 0 amide bonds. The summed E-state index contributed by atoms with van der Waals surface area (Å²) in [6, 6.07) is 0. The molecule has 0 N–H and O–H groups in total. The Kier molecular flexibility index (Phi) is 16.1. The lowest BCUT2D eigenvalue weighted by atomic mass is 10.9. The summed E-state index contributed by atoms with van der Waals surface area (Å²) in [7, 11) is -0.995. The third-order valence-electron chi connectivity index (χ3n) is 1.22. The molecule has 0 rings (SSSR count). The van der Waals surface area contributed by atoms with Gasteiger partial charge in [0.05, 0.1) is 0 Å². The lowest BCUT2D eigenvalue weighted by molar-refractivity contribution is -0.154. The van der Waals surface area contributed by atoms with Gasteiger partial charge < -0.3 is 9.46 Å². The second-order valence-electron chi connectivity index (χ2n) is 1.57. The fourth-order valence-electron chi connectivity index (χ4n) is 0.612. The minimum absolute atomic E-state index is 0.755. The van der Waals surface area contributed by atoms with Crippen LogP contribution in [0.1, 0.15) is 20.8 Å². The number of rotatable bonds is 3. The highest BCUT2D eigenvalue weighted by molar-refractivity contribution is 7.96. The van der Waals surface area contributed by atoms with Gasteiger partial charge in [-0.2, -0.15) is 0 Å². The molecule has 0 aromatic carbocycles. The number of hydrogen-bond donors (Lipinski definition) is 0. The zero-order valence-electron chi connectivity index (χ0n) is 6.92.